The number of rotatable bonds is 3. The number of piperazine rings is 1. The first-order valence-corrected chi connectivity index (χ1v) is 7.75. The summed E-state index contributed by atoms with van der Waals surface area (Å²) in [6.07, 6.45) is 1.29. The highest BCUT2D eigenvalue weighted by molar-refractivity contribution is 7.89. The van der Waals surface area contributed by atoms with E-state index in [2.05, 4.69) is 9.88 Å². The SMILES string of the molecule is CCN1CCN(S(=O)(=O)c2ncccc2F)CC1C. The zero-order valence-electron chi connectivity index (χ0n) is 11.1. The van der Waals surface area contributed by atoms with Gasteiger partial charge in [-0.05, 0) is 25.6 Å². The average molecular weight is 287 g/mol. The highest BCUT2D eigenvalue weighted by Crippen LogP contribution is 2.20. The largest absolute Gasteiger partial charge is 0.298 e. The maximum Gasteiger partial charge on any atom is 0.263 e. The first-order valence-electron chi connectivity index (χ1n) is 6.31. The fourth-order valence-electron chi connectivity index (χ4n) is 2.33. The normalized spacial score (nSPS) is 22.6. The van der Waals surface area contributed by atoms with E-state index in [1.54, 1.807) is 0 Å². The second-order valence-electron chi connectivity index (χ2n) is 4.63. The van der Waals surface area contributed by atoms with Crippen molar-refractivity contribution in [3.63, 3.8) is 0 Å². The van der Waals surface area contributed by atoms with Gasteiger partial charge in [-0.2, -0.15) is 4.31 Å². The van der Waals surface area contributed by atoms with Gasteiger partial charge in [-0.1, -0.05) is 6.92 Å². The highest BCUT2D eigenvalue weighted by atomic mass is 32.2. The molecule has 0 bridgehead atoms. The second kappa shape index (κ2) is 5.52. The molecule has 0 radical (unpaired) electrons. The fourth-order valence-corrected chi connectivity index (χ4v) is 3.82. The molecule has 2 rings (SSSR count). The van der Waals surface area contributed by atoms with Crippen molar-refractivity contribution in [3.8, 4) is 0 Å². The molecule has 106 valence electrons. The number of aromatic nitrogens is 1. The van der Waals surface area contributed by atoms with Crippen LogP contribution in [0.2, 0.25) is 0 Å². The van der Waals surface area contributed by atoms with Crippen molar-refractivity contribution in [1.29, 1.82) is 0 Å². The van der Waals surface area contributed by atoms with Gasteiger partial charge < -0.3 is 0 Å². The number of hydrogen-bond acceptors (Lipinski definition) is 4. The Morgan fingerprint density at radius 3 is 2.79 bits per heavy atom. The molecule has 1 aromatic heterocycles. The highest BCUT2D eigenvalue weighted by Gasteiger charge is 2.33. The lowest BCUT2D eigenvalue weighted by Crippen LogP contribution is -2.53. The third kappa shape index (κ3) is 2.77. The van der Waals surface area contributed by atoms with Gasteiger partial charge in [0.15, 0.2) is 5.82 Å². The molecule has 19 heavy (non-hydrogen) atoms. The molecule has 1 fully saturated rings. The molecule has 0 saturated carbocycles. The van der Waals surface area contributed by atoms with Crippen LogP contribution in [0.3, 0.4) is 0 Å². The van der Waals surface area contributed by atoms with Gasteiger partial charge in [0, 0.05) is 31.9 Å². The number of halogens is 1. The number of nitrogens with zero attached hydrogens (tertiary/aromatic N) is 3. The maximum atomic E-state index is 13.6. The molecule has 0 N–H and O–H groups in total. The van der Waals surface area contributed by atoms with Crippen molar-refractivity contribution in [2.75, 3.05) is 26.2 Å². The van der Waals surface area contributed by atoms with E-state index in [4.69, 9.17) is 0 Å². The van der Waals surface area contributed by atoms with Gasteiger partial charge in [0.25, 0.3) is 10.0 Å². The molecular weight excluding hydrogens is 269 g/mol. The molecule has 1 unspecified atom stereocenters. The average Bonchev–Trinajstić information content (AvgIpc) is 2.39. The molecule has 7 heteroatoms. The fraction of sp³-hybridized carbons (Fsp3) is 0.583. The van der Waals surface area contributed by atoms with Gasteiger partial charge in [-0.15, -0.1) is 0 Å². The van der Waals surface area contributed by atoms with Gasteiger partial charge in [0.2, 0.25) is 5.03 Å². The Morgan fingerprint density at radius 1 is 1.47 bits per heavy atom. The lowest BCUT2D eigenvalue weighted by Gasteiger charge is -2.38. The molecule has 1 aliphatic heterocycles. The lowest BCUT2D eigenvalue weighted by molar-refractivity contribution is 0.135. The summed E-state index contributed by atoms with van der Waals surface area (Å²) in [5.41, 5.74) is 0. The topological polar surface area (TPSA) is 53.5 Å². The van der Waals surface area contributed by atoms with Crippen molar-refractivity contribution in [2.45, 2.75) is 24.9 Å². The second-order valence-corrected chi connectivity index (χ2v) is 6.48. The predicted octanol–water partition coefficient (Wildman–Crippen LogP) is 0.935. The molecular formula is C12H18FN3O2S. The standard InChI is InChI=1S/C12H18FN3O2S/c1-3-15-7-8-16(9-10(15)2)19(17,18)12-11(13)5-4-6-14-12/h4-6,10H,3,7-9H2,1-2H3. The minimum absolute atomic E-state index is 0.125. The van der Waals surface area contributed by atoms with E-state index in [1.165, 1.54) is 16.6 Å². The Bertz CT molecular complexity index is 550. The summed E-state index contributed by atoms with van der Waals surface area (Å²) < 4.78 is 39.6. The molecule has 1 atom stereocenters. The molecule has 0 spiro atoms. The molecule has 5 nitrogen and oxygen atoms in total. The van der Waals surface area contributed by atoms with Crippen LogP contribution in [0.5, 0.6) is 0 Å². The maximum absolute atomic E-state index is 13.6. The van der Waals surface area contributed by atoms with Crippen LogP contribution in [0, 0.1) is 5.82 Å². The van der Waals surface area contributed by atoms with E-state index in [0.29, 0.717) is 19.6 Å². The van der Waals surface area contributed by atoms with Crippen molar-refractivity contribution in [1.82, 2.24) is 14.2 Å². The smallest absolute Gasteiger partial charge is 0.263 e. The van der Waals surface area contributed by atoms with Crippen LogP contribution >= 0.6 is 0 Å². The van der Waals surface area contributed by atoms with Crippen LogP contribution in [0.4, 0.5) is 4.39 Å². The Hall–Kier alpha value is -1.05. The summed E-state index contributed by atoms with van der Waals surface area (Å²) >= 11 is 0. The van der Waals surface area contributed by atoms with Crippen molar-refractivity contribution in [3.05, 3.63) is 24.1 Å². The van der Waals surface area contributed by atoms with Crippen molar-refractivity contribution < 1.29 is 12.8 Å². The third-order valence-electron chi connectivity index (χ3n) is 3.44. The zero-order chi connectivity index (χ0) is 14.0. The molecule has 1 aliphatic rings. The Labute approximate surface area is 113 Å². The van der Waals surface area contributed by atoms with Crippen LogP contribution in [-0.4, -0.2) is 54.8 Å². The Balaban J connectivity index is 2.25. The Kier molecular flexibility index (Phi) is 4.17. The van der Waals surface area contributed by atoms with Gasteiger partial charge >= 0.3 is 0 Å². The third-order valence-corrected chi connectivity index (χ3v) is 5.24. The number of likely N-dealkylation sites (N-methyl/N-ethyl adjacent to an activating group) is 1. The first kappa shape index (κ1) is 14.4. The summed E-state index contributed by atoms with van der Waals surface area (Å²) in [7, 11) is -3.84. The van der Waals surface area contributed by atoms with E-state index in [-0.39, 0.29) is 6.04 Å². The van der Waals surface area contributed by atoms with Gasteiger partial charge in [-0.25, -0.2) is 17.8 Å². The van der Waals surface area contributed by atoms with Crippen LogP contribution in [0.15, 0.2) is 23.4 Å². The van der Waals surface area contributed by atoms with Crippen LogP contribution in [-0.2, 0) is 10.0 Å². The zero-order valence-corrected chi connectivity index (χ0v) is 11.9. The van der Waals surface area contributed by atoms with Crippen LogP contribution in [0.1, 0.15) is 13.8 Å². The van der Waals surface area contributed by atoms with E-state index in [0.717, 1.165) is 12.6 Å². The summed E-state index contributed by atoms with van der Waals surface area (Å²) in [5, 5.41) is -0.479. The van der Waals surface area contributed by atoms with Gasteiger partial charge in [-0.3, -0.25) is 4.90 Å². The van der Waals surface area contributed by atoms with E-state index < -0.39 is 20.9 Å². The minimum Gasteiger partial charge on any atom is -0.298 e. The summed E-state index contributed by atoms with van der Waals surface area (Å²) in [6.45, 7) is 6.29. The van der Waals surface area contributed by atoms with Crippen LogP contribution in [0.25, 0.3) is 0 Å². The minimum atomic E-state index is -3.84. The monoisotopic (exact) mass is 287 g/mol. The lowest BCUT2D eigenvalue weighted by atomic mass is 10.2. The number of hydrogen-bond donors (Lipinski definition) is 0. The van der Waals surface area contributed by atoms with Crippen molar-refractivity contribution >= 4 is 10.0 Å². The van der Waals surface area contributed by atoms with Crippen molar-refractivity contribution in [2.24, 2.45) is 0 Å². The molecule has 1 saturated heterocycles. The van der Waals surface area contributed by atoms with E-state index in [1.807, 2.05) is 13.8 Å². The first-order chi connectivity index (χ1) is 8.96. The summed E-state index contributed by atoms with van der Waals surface area (Å²) in [6, 6.07) is 2.62. The van der Waals surface area contributed by atoms with E-state index in [9.17, 15) is 12.8 Å². The Morgan fingerprint density at radius 2 is 2.21 bits per heavy atom. The van der Waals surface area contributed by atoms with Crippen LogP contribution < -0.4 is 0 Å². The molecule has 2 heterocycles. The summed E-state index contributed by atoms with van der Waals surface area (Å²) in [5.74, 6) is -0.798. The molecule has 1 aromatic rings. The summed E-state index contributed by atoms with van der Waals surface area (Å²) in [4.78, 5) is 5.87. The molecule has 0 amide bonds. The van der Waals surface area contributed by atoms with Gasteiger partial charge in [0.1, 0.15) is 0 Å². The molecule has 0 aromatic carbocycles. The predicted molar refractivity (Wildman–Crippen MR) is 69.7 cm³/mol. The molecule has 0 aliphatic carbocycles. The number of pyridine rings is 1. The van der Waals surface area contributed by atoms with E-state index >= 15 is 0 Å². The van der Waals surface area contributed by atoms with Gasteiger partial charge in [0.05, 0.1) is 0 Å². The number of sulfonamides is 1. The quantitative estimate of drug-likeness (QED) is 0.830.